The van der Waals surface area contributed by atoms with Crippen LogP contribution >= 0.6 is 11.3 Å². The zero-order chi connectivity index (χ0) is 23.6. The summed E-state index contributed by atoms with van der Waals surface area (Å²) in [7, 11) is 0. The summed E-state index contributed by atoms with van der Waals surface area (Å²) >= 11 is 1.59. The molecular formula is C25H25FN8S. The van der Waals surface area contributed by atoms with E-state index in [1.165, 1.54) is 18.8 Å². The number of piperidine rings is 1. The van der Waals surface area contributed by atoms with E-state index in [0.717, 1.165) is 57.9 Å². The van der Waals surface area contributed by atoms with E-state index in [9.17, 15) is 4.39 Å². The lowest BCUT2D eigenvalue weighted by Gasteiger charge is -2.30. The van der Waals surface area contributed by atoms with Crippen LogP contribution in [0.15, 0.2) is 48.9 Å². The van der Waals surface area contributed by atoms with E-state index in [4.69, 9.17) is 9.97 Å². The van der Waals surface area contributed by atoms with Crippen molar-refractivity contribution in [2.24, 2.45) is 0 Å². The lowest BCUT2D eigenvalue weighted by molar-refractivity contribution is 0.314. The van der Waals surface area contributed by atoms with Gasteiger partial charge in [-0.15, -0.1) is 0 Å². The molecule has 0 spiro atoms. The van der Waals surface area contributed by atoms with Gasteiger partial charge in [-0.2, -0.15) is 0 Å². The molecule has 5 heterocycles. The molecule has 10 heteroatoms. The second-order valence-electron chi connectivity index (χ2n) is 8.87. The van der Waals surface area contributed by atoms with Gasteiger partial charge in [-0.1, -0.05) is 29.9 Å². The zero-order valence-electron chi connectivity index (χ0n) is 19.0. The molecule has 0 bridgehead atoms. The molecule has 2 atom stereocenters. The standard InChI is InChI=1S/C25H25FN8S/c26-17-7-4-10-27-20(17)13-28-24-23-25(30-14-29-24)35-22(34-23)12-16-6-3-5-15(31-16)11-21-32-18-8-1-2-9-19(18)33-21/h1-2,4,7-10,14-16,31H,3,5-6,11-13H2,(H,32,33)(H,28,29,30). The van der Waals surface area contributed by atoms with Crippen molar-refractivity contribution in [1.29, 1.82) is 0 Å². The predicted octanol–water partition coefficient (Wildman–Crippen LogP) is 4.40. The molecule has 1 saturated heterocycles. The van der Waals surface area contributed by atoms with Gasteiger partial charge in [0, 0.05) is 31.1 Å². The number of hydrogen-bond acceptors (Lipinski definition) is 8. The number of nitrogens with zero attached hydrogens (tertiary/aromatic N) is 5. The van der Waals surface area contributed by atoms with E-state index in [2.05, 4.69) is 36.6 Å². The first kappa shape index (κ1) is 22.0. The Bertz CT molecular complexity index is 1430. The summed E-state index contributed by atoms with van der Waals surface area (Å²) in [5.41, 5.74) is 3.16. The highest BCUT2D eigenvalue weighted by Crippen LogP contribution is 2.27. The molecule has 0 radical (unpaired) electrons. The molecule has 0 saturated carbocycles. The van der Waals surface area contributed by atoms with Crippen molar-refractivity contribution < 1.29 is 4.39 Å². The largest absolute Gasteiger partial charge is 0.362 e. The summed E-state index contributed by atoms with van der Waals surface area (Å²) in [6, 6.07) is 11.9. The van der Waals surface area contributed by atoms with Gasteiger partial charge in [-0.3, -0.25) is 4.98 Å². The summed E-state index contributed by atoms with van der Waals surface area (Å²) < 4.78 is 13.9. The lowest BCUT2D eigenvalue weighted by Crippen LogP contribution is -2.44. The van der Waals surface area contributed by atoms with Crippen LogP contribution < -0.4 is 10.6 Å². The number of benzene rings is 1. The highest BCUT2D eigenvalue weighted by Gasteiger charge is 2.24. The van der Waals surface area contributed by atoms with E-state index >= 15 is 0 Å². The second-order valence-corrected chi connectivity index (χ2v) is 9.93. The van der Waals surface area contributed by atoms with E-state index in [1.54, 1.807) is 23.6 Å². The number of rotatable bonds is 7. The minimum absolute atomic E-state index is 0.235. The normalized spacial score (nSPS) is 18.3. The Kier molecular flexibility index (Phi) is 6.05. The van der Waals surface area contributed by atoms with Gasteiger partial charge in [-0.25, -0.2) is 24.3 Å². The third-order valence-corrected chi connectivity index (χ3v) is 7.36. The molecule has 2 unspecified atom stereocenters. The molecule has 1 aliphatic rings. The van der Waals surface area contributed by atoms with Crippen LogP contribution in [0.2, 0.25) is 0 Å². The Hall–Kier alpha value is -3.50. The number of hydrogen-bond donors (Lipinski definition) is 3. The highest BCUT2D eigenvalue weighted by atomic mass is 32.1. The van der Waals surface area contributed by atoms with E-state index in [0.29, 0.717) is 23.6 Å². The monoisotopic (exact) mass is 488 g/mol. The van der Waals surface area contributed by atoms with Gasteiger partial charge in [0.1, 0.15) is 28.3 Å². The fourth-order valence-corrected chi connectivity index (χ4v) is 5.69. The van der Waals surface area contributed by atoms with Gasteiger partial charge in [-0.05, 0) is 37.1 Å². The molecule has 1 fully saturated rings. The summed E-state index contributed by atoms with van der Waals surface area (Å²) in [5, 5.41) is 8.01. The van der Waals surface area contributed by atoms with Crippen LogP contribution in [0.25, 0.3) is 21.4 Å². The molecule has 5 aromatic rings. The first-order chi connectivity index (χ1) is 17.2. The van der Waals surface area contributed by atoms with Crippen molar-refractivity contribution in [2.75, 3.05) is 5.32 Å². The van der Waals surface area contributed by atoms with Crippen molar-refractivity contribution in [3.63, 3.8) is 0 Å². The van der Waals surface area contributed by atoms with E-state index in [1.807, 2.05) is 18.2 Å². The number of pyridine rings is 1. The number of aromatic amines is 1. The maximum atomic E-state index is 13.9. The van der Waals surface area contributed by atoms with Crippen LogP contribution in [0.3, 0.4) is 0 Å². The maximum Gasteiger partial charge on any atom is 0.157 e. The minimum Gasteiger partial charge on any atom is -0.362 e. The zero-order valence-corrected chi connectivity index (χ0v) is 19.9. The molecule has 3 N–H and O–H groups in total. The van der Waals surface area contributed by atoms with Gasteiger partial charge >= 0.3 is 0 Å². The van der Waals surface area contributed by atoms with Crippen molar-refractivity contribution in [3.8, 4) is 0 Å². The third-order valence-electron chi connectivity index (χ3n) is 6.37. The molecule has 4 aromatic heterocycles. The Morgan fingerprint density at radius 2 is 1.89 bits per heavy atom. The second kappa shape index (κ2) is 9.63. The molecular weight excluding hydrogens is 463 g/mol. The van der Waals surface area contributed by atoms with Crippen molar-refractivity contribution in [3.05, 3.63) is 71.3 Å². The Balaban J connectivity index is 1.12. The van der Waals surface area contributed by atoms with Crippen LogP contribution in [0.1, 0.15) is 35.8 Å². The Labute approximate surface area is 205 Å². The predicted molar refractivity (Wildman–Crippen MR) is 135 cm³/mol. The average Bonchev–Trinajstić information content (AvgIpc) is 3.47. The first-order valence-corrected chi connectivity index (χ1v) is 12.7. The highest BCUT2D eigenvalue weighted by molar-refractivity contribution is 7.18. The summed E-state index contributed by atoms with van der Waals surface area (Å²) in [4.78, 5) is 26.7. The topological polar surface area (TPSA) is 104 Å². The van der Waals surface area contributed by atoms with Crippen LogP contribution in [-0.4, -0.2) is 42.0 Å². The van der Waals surface area contributed by atoms with Gasteiger partial charge < -0.3 is 15.6 Å². The number of aromatic nitrogens is 6. The molecule has 1 aliphatic heterocycles. The van der Waals surface area contributed by atoms with Crippen LogP contribution in [0.4, 0.5) is 10.2 Å². The quantitative estimate of drug-likeness (QED) is 0.312. The van der Waals surface area contributed by atoms with E-state index < -0.39 is 0 Å². The molecule has 8 nitrogen and oxygen atoms in total. The van der Waals surface area contributed by atoms with Gasteiger partial charge in [0.05, 0.1) is 28.3 Å². The number of para-hydroxylation sites is 2. The van der Waals surface area contributed by atoms with Crippen LogP contribution in [0, 0.1) is 5.82 Å². The fraction of sp³-hybridized carbons (Fsp3) is 0.320. The van der Waals surface area contributed by atoms with Gasteiger partial charge in [0.2, 0.25) is 0 Å². The molecule has 1 aromatic carbocycles. The molecule has 0 amide bonds. The van der Waals surface area contributed by atoms with Crippen molar-refractivity contribution >= 4 is 38.5 Å². The van der Waals surface area contributed by atoms with Gasteiger partial charge in [0.15, 0.2) is 5.82 Å². The molecule has 0 aliphatic carbocycles. The molecule has 6 rings (SSSR count). The number of anilines is 1. The lowest BCUT2D eigenvalue weighted by atomic mass is 9.95. The van der Waals surface area contributed by atoms with Crippen LogP contribution in [0.5, 0.6) is 0 Å². The Morgan fingerprint density at radius 1 is 1.00 bits per heavy atom. The number of nitrogens with one attached hydrogen (secondary N) is 3. The smallest absolute Gasteiger partial charge is 0.157 e. The maximum absolute atomic E-state index is 13.9. The van der Waals surface area contributed by atoms with Crippen LogP contribution in [-0.2, 0) is 19.4 Å². The number of thiazole rings is 1. The van der Waals surface area contributed by atoms with Crippen molar-refractivity contribution in [2.45, 2.75) is 50.7 Å². The summed E-state index contributed by atoms with van der Waals surface area (Å²) in [6.07, 6.45) is 8.24. The van der Waals surface area contributed by atoms with Crippen molar-refractivity contribution in [1.82, 2.24) is 35.2 Å². The average molecular weight is 489 g/mol. The summed E-state index contributed by atoms with van der Waals surface area (Å²) in [5.74, 6) is 1.28. The number of H-pyrrole nitrogens is 1. The van der Waals surface area contributed by atoms with Gasteiger partial charge in [0.25, 0.3) is 0 Å². The Morgan fingerprint density at radius 3 is 2.77 bits per heavy atom. The SMILES string of the molecule is Fc1cccnc1CNc1ncnc2sc(CC3CCCC(Cc4nc5ccccc5[nH]4)N3)nc12. The fourth-order valence-electron chi connectivity index (χ4n) is 4.71. The minimum atomic E-state index is -0.343. The molecule has 178 valence electrons. The third kappa shape index (κ3) is 4.85. The first-order valence-electron chi connectivity index (χ1n) is 11.8. The van der Waals surface area contributed by atoms with E-state index in [-0.39, 0.29) is 12.4 Å². The number of halogens is 1. The number of imidazole rings is 1. The number of fused-ring (bicyclic) bond motifs is 2. The summed E-state index contributed by atoms with van der Waals surface area (Å²) in [6.45, 7) is 0.235. The molecule has 35 heavy (non-hydrogen) atoms.